The molecule has 2 aliphatic heterocycles. The minimum absolute atomic E-state index is 0.266. The van der Waals surface area contributed by atoms with Crippen molar-refractivity contribution < 1.29 is 9.53 Å². The summed E-state index contributed by atoms with van der Waals surface area (Å²) in [5, 5.41) is 0. The summed E-state index contributed by atoms with van der Waals surface area (Å²) in [5.74, 6) is 1.49. The number of aromatic nitrogens is 2. The lowest BCUT2D eigenvalue weighted by Crippen LogP contribution is -2.56. The van der Waals surface area contributed by atoms with Gasteiger partial charge in [0, 0.05) is 19.3 Å². The number of fused-ring (bicyclic) bond motifs is 2. The molecule has 0 spiro atoms. The van der Waals surface area contributed by atoms with E-state index >= 15 is 0 Å². The third-order valence-electron chi connectivity index (χ3n) is 7.46. The number of hydrogen-bond acceptors (Lipinski definition) is 4. The lowest BCUT2D eigenvalue weighted by Gasteiger charge is -2.44. The molecule has 3 heterocycles. The van der Waals surface area contributed by atoms with Gasteiger partial charge in [0.05, 0.1) is 37.0 Å². The third-order valence-corrected chi connectivity index (χ3v) is 7.46. The van der Waals surface area contributed by atoms with Gasteiger partial charge in [-0.3, -0.25) is 9.69 Å². The van der Waals surface area contributed by atoms with Gasteiger partial charge < -0.3 is 14.2 Å². The zero-order valence-corrected chi connectivity index (χ0v) is 17.2. The second-order valence-electron chi connectivity index (χ2n) is 9.11. The molecule has 6 nitrogen and oxygen atoms in total. The number of nitrogens with zero attached hydrogens (tertiary/aromatic N) is 4. The second kappa shape index (κ2) is 7.79. The normalized spacial score (nSPS) is 30.9. The van der Waals surface area contributed by atoms with Crippen LogP contribution in [0.1, 0.15) is 74.6 Å². The first-order valence-electron chi connectivity index (χ1n) is 11.4. The molecule has 3 fully saturated rings. The van der Waals surface area contributed by atoms with Gasteiger partial charge in [0.1, 0.15) is 5.82 Å². The van der Waals surface area contributed by atoms with Crippen LogP contribution >= 0.6 is 0 Å². The Morgan fingerprint density at radius 1 is 1.07 bits per heavy atom. The Kier molecular flexibility index (Phi) is 5.18. The van der Waals surface area contributed by atoms with Crippen LogP contribution in [0.15, 0.2) is 0 Å². The van der Waals surface area contributed by atoms with Gasteiger partial charge in [-0.05, 0) is 57.9 Å². The van der Waals surface area contributed by atoms with Crippen LogP contribution < -0.4 is 0 Å². The van der Waals surface area contributed by atoms with Crippen LogP contribution in [0.3, 0.4) is 0 Å². The van der Waals surface area contributed by atoms with Gasteiger partial charge in [-0.25, -0.2) is 4.98 Å². The standard InChI is InChI=1S/C22H34N4O2/c1-24-17-8-3-2-7-16(17)23-22(24)19-10-6-12-25(19)15-21(27)26-13-14-28-20-11-5-4-9-18(20)26/h18-20H,2-15H2,1H3/t18-,19+,20-/m1/s1. The molecule has 4 aliphatic rings. The monoisotopic (exact) mass is 386 g/mol. The molecule has 0 N–H and O–H groups in total. The van der Waals surface area contributed by atoms with Crippen molar-refractivity contribution in [3.63, 3.8) is 0 Å². The molecule has 5 rings (SSSR count). The number of hydrogen-bond donors (Lipinski definition) is 0. The molecule has 2 saturated heterocycles. The predicted molar refractivity (Wildman–Crippen MR) is 107 cm³/mol. The van der Waals surface area contributed by atoms with Crippen LogP contribution in [0.2, 0.25) is 0 Å². The van der Waals surface area contributed by atoms with E-state index in [1.165, 1.54) is 42.9 Å². The van der Waals surface area contributed by atoms with Crippen LogP contribution in [0.5, 0.6) is 0 Å². The average Bonchev–Trinajstić information content (AvgIpc) is 3.32. The first kappa shape index (κ1) is 18.6. The number of amides is 1. The highest BCUT2D eigenvalue weighted by Crippen LogP contribution is 2.34. The Hall–Kier alpha value is -1.40. The quantitative estimate of drug-likeness (QED) is 0.801. The summed E-state index contributed by atoms with van der Waals surface area (Å²) in [6.07, 6.45) is 12.0. The van der Waals surface area contributed by atoms with Crippen LogP contribution in [0.25, 0.3) is 0 Å². The van der Waals surface area contributed by atoms with E-state index in [1.54, 1.807) is 0 Å². The molecule has 3 atom stereocenters. The number of ether oxygens (including phenoxy) is 1. The van der Waals surface area contributed by atoms with Gasteiger partial charge in [0.2, 0.25) is 5.91 Å². The highest BCUT2D eigenvalue weighted by molar-refractivity contribution is 5.79. The lowest BCUT2D eigenvalue weighted by atomic mass is 9.90. The smallest absolute Gasteiger partial charge is 0.237 e. The van der Waals surface area contributed by atoms with Crippen molar-refractivity contribution in [2.45, 2.75) is 82.4 Å². The van der Waals surface area contributed by atoms with E-state index in [2.05, 4.69) is 21.4 Å². The Labute approximate surface area is 168 Å². The van der Waals surface area contributed by atoms with Crippen molar-refractivity contribution >= 4 is 5.91 Å². The summed E-state index contributed by atoms with van der Waals surface area (Å²) in [6, 6.07) is 0.597. The van der Waals surface area contributed by atoms with Gasteiger partial charge in [-0.2, -0.15) is 0 Å². The molecular weight excluding hydrogens is 352 g/mol. The zero-order valence-electron chi connectivity index (χ0n) is 17.2. The number of likely N-dealkylation sites (tertiary alicyclic amines) is 1. The summed E-state index contributed by atoms with van der Waals surface area (Å²) in [7, 11) is 2.18. The fraction of sp³-hybridized carbons (Fsp3) is 0.818. The molecule has 154 valence electrons. The summed E-state index contributed by atoms with van der Waals surface area (Å²) in [6.45, 7) is 3.00. The zero-order chi connectivity index (χ0) is 19.1. The van der Waals surface area contributed by atoms with E-state index < -0.39 is 0 Å². The summed E-state index contributed by atoms with van der Waals surface area (Å²) in [4.78, 5) is 22.8. The van der Waals surface area contributed by atoms with Gasteiger partial charge in [0.15, 0.2) is 0 Å². The molecule has 28 heavy (non-hydrogen) atoms. The maximum atomic E-state index is 13.3. The topological polar surface area (TPSA) is 50.6 Å². The SMILES string of the molecule is Cn1c([C@@H]2CCCN2CC(=O)N2CCO[C@@H]3CCCC[C@H]32)nc2c1CCCC2. The Balaban J connectivity index is 1.31. The fourth-order valence-electron chi connectivity index (χ4n) is 5.98. The van der Waals surface area contributed by atoms with Gasteiger partial charge in [-0.1, -0.05) is 12.8 Å². The second-order valence-corrected chi connectivity index (χ2v) is 9.11. The van der Waals surface area contributed by atoms with Crippen molar-refractivity contribution in [3.8, 4) is 0 Å². The molecule has 1 aromatic rings. The maximum absolute atomic E-state index is 13.3. The molecule has 0 radical (unpaired) electrons. The number of morpholine rings is 1. The Morgan fingerprint density at radius 3 is 2.82 bits per heavy atom. The van der Waals surface area contributed by atoms with Crippen molar-refractivity contribution in [1.82, 2.24) is 19.4 Å². The van der Waals surface area contributed by atoms with Crippen molar-refractivity contribution in [2.24, 2.45) is 7.05 Å². The molecule has 1 amide bonds. The number of imidazole rings is 1. The third kappa shape index (κ3) is 3.28. The van der Waals surface area contributed by atoms with E-state index in [1.807, 2.05) is 0 Å². The van der Waals surface area contributed by atoms with E-state index in [9.17, 15) is 4.79 Å². The molecule has 0 bridgehead atoms. The van der Waals surface area contributed by atoms with E-state index in [0.717, 1.165) is 51.6 Å². The van der Waals surface area contributed by atoms with E-state index in [-0.39, 0.29) is 6.10 Å². The van der Waals surface area contributed by atoms with E-state index in [0.29, 0.717) is 31.1 Å². The fourth-order valence-corrected chi connectivity index (χ4v) is 5.98. The lowest BCUT2D eigenvalue weighted by molar-refractivity contribution is -0.150. The van der Waals surface area contributed by atoms with Crippen molar-refractivity contribution in [3.05, 3.63) is 17.2 Å². The largest absolute Gasteiger partial charge is 0.374 e. The first-order valence-corrected chi connectivity index (χ1v) is 11.4. The van der Waals surface area contributed by atoms with Gasteiger partial charge >= 0.3 is 0 Å². The van der Waals surface area contributed by atoms with Crippen molar-refractivity contribution in [1.29, 1.82) is 0 Å². The van der Waals surface area contributed by atoms with E-state index in [4.69, 9.17) is 9.72 Å². The summed E-state index contributed by atoms with van der Waals surface area (Å²) in [5.41, 5.74) is 2.73. The van der Waals surface area contributed by atoms with Gasteiger partial charge in [-0.15, -0.1) is 0 Å². The Morgan fingerprint density at radius 2 is 1.93 bits per heavy atom. The van der Waals surface area contributed by atoms with Crippen molar-refractivity contribution in [2.75, 3.05) is 26.2 Å². The first-order chi connectivity index (χ1) is 13.7. The molecule has 2 aliphatic carbocycles. The molecule has 6 heteroatoms. The molecule has 0 unspecified atom stereocenters. The molecule has 0 aromatic carbocycles. The maximum Gasteiger partial charge on any atom is 0.237 e. The number of aryl methyl sites for hydroxylation is 1. The summed E-state index contributed by atoms with van der Waals surface area (Å²) >= 11 is 0. The highest BCUT2D eigenvalue weighted by Gasteiger charge is 2.39. The van der Waals surface area contributed by atoms with Gasteiger partial charge in [0.25, 0.3) is 0 Å². The number of rotatable bonds is 3. The number of carbonyl (C=O) groups is 1. The predicted octanol–water partition coefficient (Wildman–Crippen LogP) is 2.61. The highest BCUT2D eigenvalue weighted by atomic mass is 16.5. The molecule has 1 aromatic heterocycles. The van der Waals surface area contributed by atoms with Crippen LogP contribution in [-0.2, 0) is 29.4 Å². The Bertz CT molecular complexity index is 728. The number of carbonyl (C=O) groups excluding carboxylic acids is 1. The van der Waals surface area contributed by atoms with Crippen LogP contribution in [0.4, 0.5) is 0 Å². The summed E-state index contributed by atoms with van der Waals surface area (Å²) < 4.78 is 8.31. The molecule has 1 saturated carbocycles. The van der Waals surface area contributed by atoms with Crippen LogP contribution in [-0.4, -0.2) is 63.6 Å². The minimum Gasteiger partial charge on any atom is -0.374 e. The minimum atomic E-state index is 0.266. The van der Waals surface area contributed by atoms with Crippen LogP contribution in [0, 0.1) is 0 Å². The molecular formula is C22H34N4O2. The average molecular weight is 387 g/mol.